The first-order valence-electron chi connectivity index (χ1n) is 8.65. The second-order valence-electron chi connectivity index (χ2n) is 4.27. The number of rotatable bonds is 12. The Balaban J connectivity index is 3.59. The minimum atomic E-state index is -3.19. The molecule has 0 aliphatic carbocycles. The van der Waals surface area contributed by atoms with Crippen molar-refractivity contribution in [2.75, 3.05) is 13.1 Å². The Bertz CT molecular complexity index is 290. The molecule has 3 heteroatoms. The maximum Gasteiger partial charge on any atom is 0.305 e. The Morgan fingerprint density at radius 2 is 1.59 bits per heavy atom. The van der Waals surface area contributed by atoms with E-state index in [1.807, 2.05) is 0 Å². The van der Waals surface area contributed by atoms with Crippen molar-refractivity contribution in [3.63, 3.8) is 0 Å². The molecule has 0 aromatic carbocycles. The van der Waals surface area contributed by atoms with Crippen LogP contribution in [0, 0.1) is 0 Å². The average molecular weight is 248 g/mol. The lowest BCUT2D eigenvalue weighted by molar-refractivity contribution is -0.144. The van der Waals surface area contributed by atoms with E-state index in [4.69, 9.17) is 10.6 Å². The van der Waals surface area contributed by atoms with E-state index >= 15 is 0 Å². The molecule has 102 valence electrons. The number of esters is 1. The first-order chi connectivity index (χ1) is 9.70. The van der Waals surface area contributed by atoms with Crippen molar-refractivity contribution < 1.29 is 20.1 Å². The average Bonchev–Trinajstić information content (AvgIpc) is 2.35. The van der Waals surface area contributed by atoms with Crippen molar-refractivity contribution in [1.29, 1.82) is 0 Å². The Hall–Kier alpha value is -0.570. The summed E-state index contributed by atoms with van der Waals surface area (Å²) in [6.07, 6.45) is 9.95. The summed E-state index contributed by atoms with van der Waals surface area (Å²) >= 11 is 0. The van der Waals surface area contributed by atoms with E-state index < -0.39 is 19.1 Å². The van der Waals surface area contributed by atoms with Crippen molar-refractivity contribution in [3.05, 3.63) is 0 Å². The molecule has 1 N–H and O–H groups in total. The van der Waals surface area contributed by atoms with E-state index in [1.54, 1.807) is 0 Å². The fourth-order valence-corrected chi connectivity index (χ4v) is 1.71. The first kappa shape index (κ1) is 10.4. The molecule has 0 rings (SSSR count). The second kappa shape index (κ2) is 13.5. The quantitative estimate of drug-likeness (QED) is 0.425. The molecule has 0 unspecified atom stereocenters. The predicted octanol–water partition coefficient (Wildman–Crippen LogP) is 3.44. The smallest absolute Gasteiger partial charge is 0.305 e. The van der Waals surface area contributed by atoms with Crippen molar-refractivity contribution in [2.24, 2.45) is 0 Å². The van der Waals surface area contributed by atoms with Gasteiger partial charge in [0.2, 0.25) is 0 Å². The van der Waals surface area contributed by atoms with Crippen molar-refractivity contribution in [1.82, 2.24) is 0 Å². The summed E-state index contributed by atoms with van der Waals surface area (Å²) in [6.45, 7) is -4.02. The number of carbonyl (C=O) groups excluding carboxylic acids is 1. The second-order valence-corrected chi connectivity index (χ2v) is 4.27. The van der Waals surface area contributed by atoms with E-state index in [2.05, 4.69) is 11.7 Å². The molecule has 0 saturated carbocycles. The van der Waals surface area contributed by atoms with Gasteiger partial charge >= 0.3 is 5.97 Å². The summed E-state index contributed by atoms with van der Waals surface area (Å²) in [6, 6.07) is 0. The molecular weight excluding hydrogens is 216 g/mol. The molecule has 0 aliphatic heterocycles. The predicted molar refractivity (Wildman–Crippen MR) is 69.9 cm³/mol. The summed E-state index contributed by atoms with van der Waals surface area (Å²) in [7, 11) is 0. The highest BCUT2D eigenvalue weighted by atomic mass is 16.5. The number of ether oxygens (including phenoxy) is 1. The topological polar surface area (TPSA) is 46.5 Å². The molecule has 0 aromatic heterocycles. The van der Waals surface area contributed by atoms with Crippen LogP contribution in [0.25, 0.3) is 0 Å². The van der Waals surface area contributed by atoms with Gasteiger partial charge in [-0.15, -0.1) is 0 Å². The van der Waals surface area contributed by atoms with Crippen LogP contribution in [0.15, 0.2) is 0 Å². The number of aliphatic hydroxyl groups is 1. The van der Waals surface area contributed by atoms with Crippen LogP contribution in [0.5, 0.6) is 0 Å². The SMILES string of the molecule is [2H]C([2H])(O)C([2H])([2H])OC(=O)CCCCCCCCCCC. The third-order valence-corrected chi connectivity index (χ3v) is 2.69. The number of hydrogen-bond donors (Lipinski definition) is 1. The van der Waals surface area contributed by atoms with E-state index in [0.29, 0.717) is 6.42 Å². The minimum Gasteiger partial charge on any atom is -0.463 e. The maximum atomic E-state index is 11.4. The summed E-state index contributed by atoms with van der Waals surface area (Å²) in [5.74, 6) is -0.819. The zero-order valence-electron chi connectivity index (χ0n) is 14.8. The highest BCUT2D eigenvalue weighted by Crippen LogP contribution is 2.10. The van der Waals surface area contributed by atoms with E-state index in [-0.39, 0.29) is 6.42 Å². The van der Waals surface area contributed by atoms with Crippen molar-refractivity contribution in [2.45, 2.75) is 71.1 Å². The van der Waals surface area contributed by atoms with Gasteiger partial charge in [-0.1, -0.05) is 58.3 Å². The largest absolute Gasteiger partial charge is 0.463 e. The standard InChI is InChI=1S/C14H28O3/c1-2-3-4-5-6-7-8-9-10-11-14(16)17-13-12-15/h15H,2-13H2,1H3/i12D2,13D2. The van der Waals surface area contributed by atoms with E-state index in [9.17, 15) is 4.79 Å². The number of carbonyl (C=O) groups is 1. The summed E-state index contributed by atoms with van der Waals surface area (Å²) in [5, 5.41) is 8.91. The summed E-state index contributed by atoms with van der Waals surface area (Å²) in [4.78, 5) is 11.4. The highest BCUT2D eigenvalue weighted by Gasteiger charge is 2.01. The summed E-state index contributed by atoms with van der Waals surface area (Å²) < 4.78 is 32.3. The molecule has 3 nitrogen and oxygen atoms in total. The Morgan fingerprint density at radius 3 is 2.12 bits per heavy atom. The van der Waals surface area contributed by atoms with Crippen LogP contribution in [-0.2, 0) is 9.53 Å². The molecule has 0 aliphatic rings. The van der Waals surface area contributed by atoms with Gasteiger partial charge < -0.3 is 9.84 Å². The zero-order valence-corrected chi connectivity index (χ0v) is 10.8. The molecular formula is C14H28O3. The molecule has 0 bridgehead atoms. The third kappa shape index (κ3) is 13.4. The van der Waals surface area contributed by atoms with Crippen molar-refractivity contribution >= 4 is 5.97 Å². The van der Waals surface area contributed by atoms with E-state index in [0.717, 1.165) is 19.3 Å². The van der Waals surface area contributed by atoms with Gasteiger partial charge in [0, 0.05) is 6.42 Å². The number of unbranched alkanes of at least 4 members (excludes halogenated alkanes) is 8. The lowest BCUT2D eigenvalue weighted by atomic mass is 10.1. The lowest BCUT2D eigenvalue weighted by Gasteiger charge is -2.03. The number of hydrogen-bond acceptors (Lipinski definition) is 3. The molecule has 0 amide bonds. The molecule has 0 fully saturated rings. The fourth-order valence-electron chi connectivity index (χ4n) is 1.71. The summed E-state index contributed by atoms with van der Waals surface area (Å²) in [5.41, 5.74) is 0. The zero-order chi connectivity index (χ0) is 16.4. The lowest BCUT2D eigenvalue weighted by Crippen LogP contribution is -2.07. The Labute approximate surface area is 111 Å². The van der Waals surface area contributed by atoms with Crippen LogP contribution in [0.3, 0.4) is 0 Å². The Kier molecular flexibility index (Phi) is 8.23. The van der Waals surface area contributed by atoms with Crippen LogP contribution in [0.2, 0.25) is 0 Å². The molecule has 0 radical (unpaired) electrons. The third-order valence-electron chi connectivity index (χ3n) is 2.69. The molecule has 0 aromatic rings. The van der Waals surface area contributed by atoms with Gasteiger partial charge in [0.25, 0.3) is 0 Å². The van der Waals surface area contributed by atoms with Gasteiger partial charge in [-0.2, -0.15) is 0 Å². The van der Waals surface area contributed by atoms with Gasteiger partial charge in [-0.05, 0) is 6.42 Å². The van der Waals surface area contributed by atoms with Gasteiger partial charge in [-0.3, -0.25) is 4.79 Å². The van der Waals surface area contributed by atoms with Gasteiger partial charge in [0.15, 0.2) is 0 Å². The van der Waals surface area contributed by atoms with E-state index in [1.165, 1.54) is 32.1 Å². The van der Waals surface area contributed by atoms with Gasteiger partial charge in [-0.25, -0.2) is 0 Å². The normalized spacial score (nSPS) is 15.6. The molecule has 0 atom stereocenters. The van der Waals surface area contributed by atoms with Gasteiger partial charge in [0.05, 0.1) is 12.0 Å². The van der Waals surface area contributed by atoms with Crippen molar-refractivity contribution in [3.8, 4) is 0 Å². The molecule has 0 heterocycles. The van der Waals surface area contributed by atoms with Gasteiger partial charge in [0.1, 0.15) is 6.56 Å². The monoisotopic (exact) mass is 248 g/mol. The van der Waals surface area contributed by atoms with Crippen LogP contribution in [0.1, 0.15) is 76.6 Å². The van der Waals surface area contributed by atoms with Crippen LogP contribution < -0.4 is 0 Å². The first-order valence-corrected chi connectivity index (χ1v) is 6.65. The maximum absolute atomic E-state index is 11.4. The van der Waals surface area contributed by atoms with Crippen LogP contribution >= 0.6 is 0 Å². The minimum absolute atomic E-state index is 0.0470. The molecule has 17 heavy (non-hydrogen) atoms. The van der Waals surface area contributed by atoms with Crippen LogP contribution in [0.4, 0.5) is 0 Å². The molecule has 0 saturated heterocycles. The highest BCUT2D eigenvalue weighted by molar-refractivity contribution is 5.69. The van der Waals surface area contributed by atoms with Crippen LogP contribution in [-0.4, -0.2) is 24.2 Å². The Morgan fingerprint density at radius 1 is 1.06 bits per heavy atom. The molecule has 0 spiro atoms. The fraction of sp³-hybridized carbons (Fsp3) is 0.929.